The summed E-state index contributed by atoms with van der Waals surface area (Å²) in [6.45, 7) is 8.44. The van der Waals surface area contributed by atoms with Gasteiger partial charge in [-0.25, -0.2) is 9.80 Å². The van der Waals surface area contributed by atoms with Crippen molar-refractivity contribution in [2.45, 2.75) is 53.4 Å². The van der Waals surface area contributed by atoms with Crippen molar-refractivity contribution in [3.63, 3.8) is 0 Å². The number of benzene rings is 2. The molecule has 0 radical (unpaired) electrons. The summed E-state index contributed by atoms with van der Waals surface area (Å²) in [5, 5.41) is 8.86. The van der Waals surface area contributed by atoms with Crippen LogP contribution in [0.1, 0.15) is 53.4 Å². The molecule has 0 unspecified atom stereocenters. The number of nitrogens with zero attached hydrogens (tertiary/aromatic N) is 2. The van der Waals surface area contributed by atoms with Gasteiger partial charge in [0.1, 0.15) is 5.41 Å². The van der Waals surface area contributed by atoms with Crippen LogP contribution < -0.4 is 9.80 Å². The fraction of sp³-hybridized carbons (Fsp3) is 0.423. The molecule has 2 amide bonds. The standard InChI is InChI=1S/C26H33N3O2/c1-19(2)15-17-26(18-16-20(3)4)23(30)28(21-11-7-5-8-12-21)25(27)29(24(26)31)22-13-9-6-10-14-22/h5-14,19-20,27H,15-18H2,1-4H3. The lowest BCUT2D eigenvalue weighted by Gasteiger charge is -2.46. The van der Waals surface area contributed by atoms with Gasteiger partial charge in [-0.15, -0.1) is 0 Å². The summed E-state index contributed by atoms with van der Waals surface area (Å²) in [6, 6.07) is 18.4. The Morgan fingerprint density at radius 2 is 1.06 bits per heavy atom. The highest BCUT2D eigenvalue weighted by atomic mass is 16.2. The first-order valence-corrected chi connectivity index (χ1v) is 11.2. The van der Waals surface area contributed by atoms with Crippen LogP contribution in [0, 0.1) is 22.7 Å². The molecule has 0 saturated carbocycles. The Morgan fingerprint density at radius 3 is 1.39 bits per heavy atom. The second-order valence-corrected chi connectivity index (χ2v) is 9.22. The van der Waals surface area contributed by atoms with E-state index in [4.69, 9.17) is 5.41 Å². The zero-order chi connectivity index (χ0) is 22.6. The summed E-state index contributed by atoms with van der Waals surface area (Å²) < 4.78 is 0. The minimum absolute atomic E-state index is 0.114. The Morgan fingerprint density at radius 1 is 0.710 bits per heavy atom. The van der Waals surface area contributed by atoms with Crippen LogP contribution in [0.4, 0.5) is 11.4 Å². The molecule has 1 aliphatic heterocycles. The van der Waals surface area contributed by atoms with Gasteiger partial charge < -0.3 is 0 Å². The molecule has 0 atom stereocenters. The Hall–Kier alpha value is -2.95. The van der Waals surface area contributed by atoms with Crippen LogP contribution in [-0.4, -0.2) is 17.8 Å². The van der Waals surface area contributed by atoms with Crippen LogP contribution in [0.15, 0.2) is 60.7 Å². The molecule has 0 spiro atoms. The van der Waals surface area contributed by atoms with Crippen molar-refractivity contribution in [1.29, 1.82) is 5.41 Å². The molecule has 5 nitrogen and oxygen atoms in total. The number of anilines is 2. The Labute approximate surface area is 185 Å². The van der Waals surface area contributed by atoms with Crippen LogP contribution in [0.2, 0.25) is 0 Å². The zero-order valence-corrected chi connectivity index (χ0v) is 19.0. The number of hydrogen-bond donors (Lipinski definition) is 1. The van der Waals surface area contributed by atoms with Crippen LogP contribution in [0.25, 0.3) is 0 Å². The van der Waals surface area contributed by atoms with Gasteiger partial charge >= 0.3 is 0 Å². The van der Waals surface area contributed by atoms with Gasteiger partial charge in [-0.1, -0.05) is 64.1 Å². The minimum atomic E-state index is -1.18. The maximum absolute atomic E-state index is 14.0. The monoisotopic (exact) mass is 419 g/mol. The van der Waals surface area contributed by atoms with Crippen molar-refractivity contribution in [3.05, 3.63) is 60.7 Å². The quantitative estimate of drug-likeness (QED) is 0.545. The Balaban J connectivity index is 2.17. The predicted molar refractivity (Wildman–Crippen MR) is 126 cm³/mol. The maximum Gasteiger partial charge on any atom is 0.249 e. The number of guanidine groups is 1. The van der Waals surface area contributed by atoms with Gasteiger partial charge in [0.15, 0.2) is 0 Å². The van der Waals surface area contributed by atoms with Crippen LogP contribution in [0.3, 0.4) is 0 Å². The van der Waals surface area contributed by atoms with Crippen molar-refractivity contribution in [2.75, 3.05) is 9.80 Å². The fourth-order valence-corrected chi connectivity index (χ4v) is 4.07. The summed E-state index contributed by atoms with van der Waals surface area (Å²) in [5.74, 6) is 0.0722. The number of hydrogen-bond acceptors (Lipinski definition) is 3. The largest absolute Gasteiger partial charge is 0.273 e. The van der Waals surface area contributed by atoms with Gasteiger partial charge in [-0.05, 0) is 61.8 Å². The lowest BCUT2D eigenvalue weighted by Crippen LogP contribution is -2.66. The van der Waals surface area contributed by atoms with E-state index in [-0.39, 0.29) is 17.8 Å². The summed E-state index contributed by atoms with van der Waals surface area (Å²) in [7, 11) is 0. The number of carbonyl (C=O) groups excluding carboxylic acids is 2. The van der Waals surface area contributed by atoms with Crippen molar-refractivity contribution in [3.8, 4) is 0 Å². The van der Waals surface area contributed by atoms with Crippen molar-refractivity contribution in [1.82, 2.24) is 0 Å². The molecule has 3 rings (SSSR count). The molecule has 1 saturated heterocycles. The molecule has 1 heterocycles. The molecule has 1 fully saturated rings. The zero-order valence-electron chi connectivity index (χ0n) is 19.0. The number of amides is 2. The van der Waals surface area contributed by atoms with E-state index < -0.39 is 5.41 Å². The van der Waals surface area contributed by atoms with Crippen LogP contribution in [0.5, 0.6) is 0 Å². The molecule has 0 aliphatic carbocycles. The van der Waals surface area contributed by atoms with Crippen molar-refractivity contribution < 1.29 is 9.59 Å². The minimum Gasteiger partial charge on any atom is -0.273 e. The molecular weight excluding hydrogens is 386 g/mol. The molecule has 31 heavy (non-hydrogen) atoms. The number of rotatable bonds is 8. The highest BCUT2D eigenvalue weighted by Gasteiger charge is 2.56. The number of para-hydroxylation sites is 2. The summed E-state index contributed by atoms with van der Waals surface area (Å²) >= 11 is 0. The fourth-order valence-electron chi connectivity index (χ4n) is 4.07. The summed E-state index contributed by atoms with van der Waals surface area (Å²) in [5.41, 5.74) is 0.0545. The Bertz CT molecular complexity index is 847. The second-order valence-electron chi connectivity index (χ2n) is 9.22. The first kappa shape index (κ1) is 22.7. The summed E-state index contributed by atoms with van der Waals surface area (Å²) in [6.07, 6.45) is 2.51. The van der Waals surface area contributed by atoms with Crippen LogP contribution in [-0.2, 0) is 9.59 Å². The molecule has 0 aromatic heterocycles. The molecular formula is C26H33N3O2. The highest BCUT2D eigenvalue weighted by Crippen LogP contribution is 2.42. The maximum atomic E-state index is 14.0. The average molecular weight is 420 g/mol. The number of nitrogens with one attached hydrogen (secondary N) is 1. The third-order valence-corrected chi connectivity index (χ3v) is 5.97. The Kier molecular flexibility index (Phi) is 6.94. The third-order valence-electron chi connectivity index (χ3n) is 5.97. The van der Waals surface area contributed by atoms with Gasteiger partial charge in [-0.2, -0.15) is 0 Å². The van der Waals surface area contributed by atoms with E-state index in [9.17, 15) is 9.59 Å². The normalized spacial score (nSPS) is 16.5. The molecule has 1 N–H and O–H groups in total. The first-order chi connectivity index (χ1) is 14.8. The highest BCUT2D eigenvalue weighted by molar-refractivity contribution is 6.38. The first-order valence-electron chi connectivity index (χ1n) is 11.2. The van der Waals surface area contributed by atoms with E-state index in [0.29, 0.717) is 36.1 Å². The summed E-state index contributed by atoms with van der Waals surface area (Å²) in [4.78, 5) is 30.9. The van der Waals surface area contributed by atoms with Gasteiger partial charge in [0.05, 0.1) is 11.4 Å². The van der Waals surface area contributed by atoms with E-state index >= 15 is 0 Å². The smallest absolute Gasteiger partial charge is 0.249 e. The molecule has 5 heteroatoms. The molecule has 1 aliphatic rings. The molecule has 2 aromatic rings. The van der Waals surface area contributed by atoms with Gasteiger partial charge in [0.2, 0.25) is 17.8 Å². The van der Waals surface area contributed by atoms with E-state index in [1.165, 1.54) is 9.80 Å². The second kappa shape index (κ2) is 9.46. The predicted octanol–water partition coefficient (Wildman–Crippen LogP) is 5.86. The van der Waals surface area contributed by atoms with Gasteiger partial charge in [0, 0.05) is 0 Å². The van der Waals surface area contributed by atoms with E-state index in [0.717, 1.165) is 12.8 Å². The topological polar surface area (TPSA) is 64.5 Å². The average Bonchev–Trinajstić information content (AvgIpc) is 2.75. The van der Waals surface area contributed by atoms with Crippen LogP contribution >= 0.6 is 0 Å². The number of carbonyl (C=O) groups is 2. The van der Waals surface area contributed by atoms with Gasteiger partial charge in [-0.3, -0.25) is 15.0 Å². The SMILES string of the molecule is CC(C)CCC1(CCC(C)C)C(=O)N(c2ccccc2)C(=N)N(c2ccccc2)C1=O. The molecule has 0 bridgehead atoms. The lowest BCUT2D eigenvalue weighted by atomic mass is 9.72. The molecule has 2 aromatic carbocycles. The third kappa shape index (κ3) is 4.55. The van der Waals surface area contributed by atoms with Crippen molar-refractivity contribution >= 4 is 29.1 Å². The van der Waals surface area contributed by atoms with E-state index in [1.807, 2.05) is 60.7 Å². The molecule has 164 valence electrons. The van der Waals surface area contributed by atoms with E-state index in [2.05, 4.69) is 27.7 Å². The lowest BCUT2D eigenvalue weighted by molar-refractivity contribution is -0.142. The van der Waals surface area contributed by atoms with E-state index in [1.54, 1.807) is 0 Å². The van der Waals surface area contributed by atoms with Crippen molar-refractivity contribution in [2.24, 2.45) is 17.3 Å². The van der Waals surface area contributed by atoms with Gasteiger partial charge in [0.25, 0.3) is 0 Å².